The van der Waals surface area contributed by atoms with Gasteiger partial charge in [0.25, 0.3) is 0 Å². The van der Waals surface area contributed by atoms with Crippen molar-refractivity contribution in [1.82, 2.24) is 10.2 Å². The van der Waals surface area contributed by atoms with Crippen molar-refractivity contribution in [2.24, 2.45) is 0 Å². The zero-order valence-electron chi connectivity index (χ0n) is 10.9. The SMILES string of the molecule is CCSc1nnc(NC(=O)CCc2ccc(Cl)cc2)s1. The highest BCUT2D eigenvalue weighted by atomic mass is 35.5. The topological polar surface area (TPSA) is 54.9 Å². The van der Waals surface area contributed by atoms with E-state index >= 15 is 0 Å². The molecule has 1 amide bonds. The summed E-state index contributed by atoms with van der Waals surface area (Å²) in [7, 11) is 0. The fraction of sp³-hybridized carbons (Fsp3) is 0.308. The molecule has 4 nitrogen and oxygen atoms in total. The number of thioether (sulfide) groups is 1. The third-order valence-corrected chi connectivity index (χ3v) is 4.58. The van der Waals surface area contributed by atoms with Crippen molar-refractivity contribution in [3.05, 3.63) is 34.9 Å². The van der Waals surface area contributed by atoms with Gasteiger partial charge in [-0.1, -0.05) is 53.8 Å². The van der Waals surface area contributed by atoms with Gasteiger partial charge in [-0.15, -0.1) is 10.2 Å². The maximum atomic E-state index is 11.8. The van der Waals surface area contributed by atoms with Crippen LogP contribution in [-0.2, 0) is 11.2 Å². The minimum Gasteiger partial charge on any atom is -0.300 e. The summed E-state index contributed by atoms with van der Waals surface area (Å²) in [5.74, 6) is 0.892. The molecule has 1 aromatic heterocycles. The van der Waals surface area contributed by atoms with E-state index in [4.69, 9.17) is 11.6 Å². The fourth-order valence-electron chi connectivity index (χ4n) is 1.53. The van der Waals surface area contributed by atoms with Crippen LogP contribution in [0.25, 0.3) is 0 Å². The number of anilines is 1. The lowest BCUT2D eigenvalue weighted by molar-refractivity contribution is -0.116. The van der Waals surface area contributed by atoms with Crippen LogP contribution in [0, 0.1) is 0 Å². The summed E-state index contributed by atoms with van der Waals surface area (Å²) >= 11 is 8.83. The molecule has 0 fully saturated rings. The van der Waals surface area contributed by atoms with Crippen molar-refractivity contribution in [2.45, 2.75) is 24.1 Å². The molecule has 0 saturated heterocycles. The highest BCUT2D eigenvalue weighted by molar-refractivity contribution is 8.01. The molecule has 0 bridgehead atoms. The van der Waals surface area contributed by atoms with Crippen molar-refractivity contribution in [2.75, 3.05) is 11.1 Å². The Kier molecular flexibility index (Phi) is 5.82. The van der Waals surface area contributed by atoms with Crippen LogP contribution in [0.5, 0.6) is 0 Å². The molecular formula is C13H14ClN3OS2. The van der Waals surface area contributed by atoms with Gasteiger partial charge in [0.1, 0.15) is 0 Å². The predicted molar refractivity (Wildman–Crippen MR) is 84.7 cm³/mol. The van der Waals surface area contributed by atoms with Crippen LogP contribution in [0.4, 0.5) is 5.13 Å². The molecule has 0 atom stereocenters. The smallest absolute Gasteiger partial charge is 0.226 e. The van der Waals surface area contributed by atoms with Crippen molar-refractivity contribution in [3.63, 3.8) is 0 Å². The number of nitrogens with zero attached hydrogens (tertiary/aromatic N) is 2. The van der Waals surface area contributed by atoms with E-state index in [9.17, 15) is 4.79 Å². The molecule has 0 aliphatic rings. The summed E-state index contributed by atoms with van der Waals surface area (Å²) in [4.78, 5) is 11.8. The Labute approximate surface area is 130 Å². The molecule has 0 aliphatic heterocycles. The lowest BCUT2D eigenvalue weighted by Gasteiger charge is -2.02. The lowest BCUT2D eigenvalue weighted by atomic mass is 10.1. The molecule has 2 rings (SSSR count). The number of aryl methyl sites for hydroxylation is 1. The fourth-order valence-corrected chi connectivity index (χ4v) is 3.32. The second-order valence-electron chi connectivity index (χ2n) is 3.98. The standard InChI is InChI=1S/C13H14ClN3OS2/c1-2-19-13-17-16-12(20-13)15-11(18)8-5-9-3-6-10(14)7-4-9/h3-4,6-7H,2,5,8H2,1H3,(H,15,16,18). The number of hydrogen-bond acceptors (Lipinski definition) is 5. The lowest BCUT2D eigenvalue weighted by Crippen LogP contribution is -2.12. The molecule has 1 heterocycles. The van der Waals surface area contributed by atoms with E-state index in [-0.39, 0.29) is 5.91 Å². The zero-order valence-corrected chi connectivity index (χ0v) is 13.3. The van der Waals surface area contributed by atoms with Crippen LogP contribution in [0.15, 0.2) is 28.6 Å². The van der Waals surface area contributed by atoms with Gasteiger partial charge in [0.2, 0.25) is 11.0 Å². The van der Waals surface area contributed by atoms with E-state index in [1.807, 2.05) is 24.3 Å². The Hall–Kier alpha value is -1.11. The van der Waals surface area contributed by atoms with E-state index in [0.717, 1.165) is 15.7 Å². The average Bonchev–Trinajstić information content (AvgIpc) is 2.86. The van der Waals surface area contributed by atoms with Gasteiger partial charge < -0.3 is 5.32 Å². The van der Waals surface area contributed by atoms with Gasteiger partial charge in [-0.05, 0) is 29.9 Å². The van der Waals surface area contributed by atoms with Crippen LogP contribution >= 0.6 is 34.7 Å². The number of halogens is 1. The molecule has 2 aromatic rings. The monoisotopic (exact) mass is 327 g/mol. The van der Waals surface area contributed by atoms with Crippen LogP contribution < -0.4 is 5.32 Å². The number of nitrogens with one attached hydrogen (secondary N) is 1. The van der Waals surface area contributed by atoms with Gasteiger partial charge in [0.15, 0.2) is 4.34 Å². The first-order chi connectivity index (χ1) is 9.67. The van der Waals surface area contributed by atoms with Crippen molar-refractivity contribution in [3.8, 4) is 0 Å². The summed E-state index contributed by atoms with van der Waals surface area (Å²) in [5, 5.41) is 12.0. The summed E-state index contributed by atoms with van der Waals surface area (Å²) in [5.41, 5.74) is 1.09. The third kappa shape index (κ3) is 4.77. The van der Waals surface area contributed by atoms with Crippen LogP contribution in [0.1, 0.15) is 18.9 Å². The second-order valence-corrected chi connectivity index (χ2v) is 6.91. The number of carbonyl (C=O) groups excluding carboxylic acids is 1. The van der Waals surface area contributed by atoms with Gasteiger partial charge >= 0.3 is 0 Å². The Bertz CT molecular complexity index is 571. The number of rotatable bonds is 6. The number of amides is 1. The highest BCUT2D eigenvalue weighted by Crippen LogP contribution is 2.25. The molecule has 0 spiro atoms. The normalized spacial score (nSPS) is 10.5. The summed E-state index contributed by atoms with van der Waals surface area (Å²) in [6.45, 7) is 2.05. The maximum absolute atomic E-state index is 11.8. The van der Waals surface area contributed by atoms with Crippen molar-refractivity contribution in [1.29, 1.82) is 0 Å². The Morgan fingerprint density at radius 2 is 2.10 bits per heavy atom. The number of benzene rings is 1. The van der Waals surface area contributed by atoms with E-state index in [2.05, 4.69) is 22.4 Å². The Morgan fingerprint density at radius 3 is 2.80 bits per heavy atom. The van der Waals surface area contributed by atoms with Crippen molar-refractivity contribution >= 4 is 45.7 Å². The van der Waals surface area contributed by atoms with Crippen LogP contribution in [0.3, 0.4) is 0 Å². The molecule has 0 aliphatic carbocycles. The Morgan fingerprint density at radius 1 is 1.35 bits per heavy atom. The predicted octanol–water partition coefficient (Wildman–Crippen LogP) is 3.87. The molecule has 7 heteroatoms. The minimum atomic E-state index is -0.0517. The number of carbonyl (C=O) groups is 1. The van der Waals surface area contributed by atoms with E-state index in [1.165, 1.54) is 11.3 Å². The van der Waals surface area contributed by atoms with E-state index in [1.54, 1.807) is 11.8 Å². The van der Waals surface area contributed by atoms with Gasteiger partial charge in [0, 0.05) is 11.4 Å². The van der Waals surface area contributed by atoms with Gasteiger partial charge in [-0.2, -0.15) is 0 Å². The maximum Gasteiger partial charge on any atom is 0.226 e. The first kappa shape index (κ1) is 15.3. The molecule has 0 saturated carbocycles. The average molecular weight is 328 g/mol. The van der Waals surface area contributed by atoms with E-state index < -0.39 is 0 Å². The second kappa shape index (κ2) is 7.61. The van der Waals surface area contributed by atoms with Gasteiger partial charge in [-0.25, -0.2) is 0 Å². The zero-order chi connectivity index (χ0) is 14.4. The van der Waals surface area contributed by atoms with Gasteiger partial charge in [-0.3, -0.25) is 4.79 Å². The quantitative estimate of drug-likeness (QED) is 0.646. The minimum absolute atomic E-state index is 0.0517. The first-order valence-corrected chi connectivity index (χ1v) is 8.36. The third-order valence-electron chi connectivity index (χ3n) is 2.47. The number of hydrogen-bond donors (Lipinski definition) is 1. The molecule has 106 valence electrons. The summed E-state index contributed by atoms with van der Waals surface area (Å²) in [6, 6.07) is 7.51. The van der Waals surface area contributed by atoms with Crippen molar-refractivity contribution < 1.29 is 4.79 Å². The molecular weight excluding hydrogens is 314 g/mol. The molecule has 20 heavy (non-hydrogen) atoms. The Balaban J connectivity index is 1.81. The molecule has 0 radical (unpaired) electrons. The van der Waals surface area contributed by atoms with E-state index in [0.29, 0.717) is 23.0 Å². The summed E-state index contributed by atoms with van der Waals surface area (Å²) in [6.07, 6.45) is 1.09. The van der Waals surface area contributed by atoms with Gasteiger partial charge in [0.05, 0.1) is 0 Å². The molecule has 0 unspecified atom stereocenters. The summed E-state index contributed by atoms with van der Waals surface area (Å²) < 4.78 is 0.875. The molecule has 1 N–H and O–H groups in total. The number of aromatic nitrogens is 2. The van der Waals surface area contributed by atoms with Crippen LogP contribution in [-0.4, -0.2) is 21.9 Å². The van der Waals surface area contributed by atoms with Crippen LogP contribution in [0.2, 0.25) is 5.02 Å². The largest absolute Gasteiger partial charge is 0.300 e. The highest BCUT2D eigenvalue weighted by Gasteiger charge is 2.08. The first-order valence-electron chi connectivity index (χ1n) is 6.18. The molecule has 1 aromatic carbocycles.